The normalized spacial score (nSPS) is 13.8. The number of fused-ring (bicyclic) bond motifs is 1. The van der Waals surface area contributed by atoms with Crippen molar-refractivity contribution in [1.29, 1.82) is 0 Å². The van der Waals surface area contributed by atoms with Crippen LogP contribution in [0.1, 0.15) is 11.7 Å². The number of hydrogen-bond donors (Lipinski definition) is 2. The third-order valence-corrected chi connectivity index (χ3v) is 5.38. The molecule has 0 radical (unpaired) electrons. The molecule has 0 saturated carbocycles. The lowest BCUT2D eigenvalue weighted by Gasteiger charge is -2.20. The van der Waals surface area contributed by atoms with E-state index in [1.165, 1.54) is 30.4 Å². The Balaban J connectivity index is 2.71. The Morgan fingerprint density at radius 1 is 1.44 bits per heavy atom. The number of alkyl halides is 1. The van der Waals surface area contributed by atoms with E-state index in [0.29, 0.717) is 26.7 Å². The van der Waals surface area contributed by atoms with Crippen molar-refractivity contribution >= 4 is 66.9 Å². The second-order valence-electron chi connectivity index (χ2n) is 5.08. The molecule has 2 rings (SSSR count). The Bertz CT molecular complexity index is 870. The molecule has 0 fully saturated rings. The van der Waals surface area contributed by atoms with Crippen molar-refractivity contribution in [3.8, 4) is 0 Å². The smallest absolute Gasteiger partial charge is 0.123 e. The van der Waals surface area contributed by atoms with Gasteiger partial charge in [-0.15, -0.1) is 0 Å². The van der Waals surface area contributed by atoms with Crippen LogP contribution >= 0.6 is 50.4 Å². The van der Waals surface area contributed by atoms with Crippen molar-refractivity contribution < 1.29 is 13.9 Å². The van der Waals surface area contributed by atoms with Crippen LogP contribution in [0, 0.1) is 5.82 Å². The van der Waals surface area contributed by atoms with Gasteiger partial charge in [0.1, 0.15) is 18.6 Å². The first-order valence-electron chi connectivity index (χ1n) is 7.15. The van der Waals surface area contributed by atoms with E-state index >= 15 is 0 Å². The number of benzene rings is 2. The molecule has 0 saturated heterocycles. The number of rotatable bonds is 6. The highest BCUT2D eigenvalue weighted by Crippen LogP contribution is 2.41. The van der Waals surface area contributed by atoms with Crippen LogP contribution in [0.5, 0.6) is 0 Å². The summed E-state index contributed by atoms with van der Waals surface area (Å²) in [7, 11) is 0. The molecule has 25 heavy (non-hydrogen) atoms. The maximum absolute atomic E-state index is 13.6. The SMILES string of the molecule is C=C/C(=C(Cl)\C=C/CF)C(O)c1c(NI)cc2ccc(F)cc2c1Br. The van der Waals surface area contributed by atoms with Gasteiger partial charge in [0.15, 0.2) is 0 Å². The van der Waals surface area contributed by atoms with Crippen molar-refractivity contribution in [2.24, 2.45) is 0 Å². The maximum atomic E-state index is 13.6. The van der Waals surface area contributed by atoms with E-state index < -0.39 is 12.8 Å². The number of nitrogens with one attached hydrogen (secondary N) is 1. The van der Waals surface area contributed by atoms with E-state index in [1.807, 2.05) is 22.9 Å². The highest BCUT2D eigenvalue weighted by Gasteiger charge is 2.22. The van der Waals surface area contributed by atoms with Gasteiger partial charge in [0.05, 0.1) is 28.6 Å². The van der Waals surface area contributed by atoms with Gasteiger partial charge in [0.25, 0.3) is 0 Å². The summed E-state index contributed by atoms with van der Waals surface area (Å²) in [4.78, 5) is 0. The van der Waals surface area contributed by atoms with Gasteiger partial charge in [-0.25, -0.2) is 8.78 Å². The van der Waals surface area contributed by atoms with Gasteiger partial charge < -0.3 is 8.64 Å². The van der Waals surface area contributed by atoms with E-state index in [0.717, 1.165) is 5.39 Å². The fourth-order valence-electron chi connectivity index (χ4n) is 2.43. The molecule has 1 atom stereocenters. The zero-order valence-electron chi connectivity index (χ0n) is 12.9. The molecule has 7 heteroatoms. The monoisotopic (exact) mass is 539 g/mol. The van der Waals surface area contributed by atoms with E-state index in [-0.39, 0.29) is 10.8 Å². The largest absolute Gasteiger partial charge is 0.383 e. The van der Waals surface area contributed by atoms with Crippen molar-refractivity contribution in [2.75, 3.05) is 10.2 Å². The van der Waals surface area contributed by atoms with E-state index in [1.54, 1.807) is 12.1 Å². The summed E-state index contributed by atoms with van der Waals surface area (Å²) in [6, 6.07) is 6.21. The first-order valence-corrected chi connectivity index (χ1v) is 9.40. The molecule has 0 aliphatic carbocycles. The molecule has 0 amide bonds. The van der Waals surface area contributed by atoms with Crippen LogP contribution in [0.25, 0.3) is 10.8 Å². The first kappa shape index (κ1) is 20.4. The Morgan fingerprint density at radius 3 is 2.76 bits per heavy atom. The molecule has 2 aromatic carbocycles. The van der Waals surface area contributed by atoms with Crippen LogP contribution < -0.4 is 3.53 Å². The van der Waals surface area contributed by atoms with Crippen LogP contribution in [0.2, 0.25) is 0 Å². The minimum absolute atomic E-state index is 0.172. The molecule has 0 aliphatic heterocycles. The average Bonchev–Trinajstić information content (AvgIpc) is 2.60. The quantitative estimate of drug-likeness (QED) is 0.242. The van der Waals surface area contributed by atoms with Crippen molar-refractivity contribution in [2.45, 2.75) is 6.10 Å². The van der Waals surface area contributed by atoms with Crippen molar-refractivity contribution in [3.05, 3.63) is 75.5 Å². The van der Waals surface area contributed by atoms with Gasteiger partial charge in [0, 0.05) is 20.6 Å². The second-order valence-corrected chi connectivity index (χ2v) is 6.82. The number of hydrogen-bond acceptors (Lipinski definition) is 2. The fourth-order valence-corrected chi connectivity index (χ4v) is 3.92. The summed E-state index contributed by atoms with van der Waals surface area (Å²) in [5.74, 6) is -0.382. The first-order chi connectivity index (χ1) is 11.9. The van der Waals surface area contributed by atoms with Gasteiger partial charge in [0.2, 0.25) is 0 Å². The molecule has 0 heterocycles. The summed E-state index contributed by atoms with van der Waals surface area (Å²) in [5, 5.41) is 12.5. The Hall–Kier alpha value is -0.960. The third-order valence-electron chi connectivity index (χ3n) is 3.60. The highest BCUT2D eigenvalue weighted by atomic mass is 127. The lowest BCUT2D eigenvalue weighted by Crippen LogP contribution is -2.05. The van der Waals surface area contributed by atoms with E-state index in [9.17, 15) is 13.9 Å². The van der Waals surface area contributed by atoms with Crippen LogP contribution in [0.3, 0.4) is 0 Å². The Morgan fingerprint density at radius 2 is 2.16 bits per heavy atom. The van der Waals surface area contributed by atoms with Gasteiger partial charge in [-0.3, -0.25) is 0 Å². The van der Waals surface area contributed by atoms with Gasteiger partial charge >= 0.3 is 0 Å². The lowest BCUT2D eigenvalue weighted by atomic mass is 9.96. The highest BCUT2D eigenvalue weighted by molar-refractivity contribution is 14.1. The summed E-state index contributed by atoms with van der Waals surface area (Å²) < 4.78 is 29.5. The topological polar surface area (TPSA) is 32.3 Å². The molecule has 132 valence electrons. The Labute approximate surface area is 171 Å². The zero-order valence-corrected chi connectivity index (χ0v) is 17.4. The van der Waals surface area contributed by atoms with Crippen molar-refractivity contribution in [3.63, 3.8) is 0 Å². The minimum atomic E-state index is -1.14. The molecular formula is C18H14BrClF2INO. The van der Waals surface area contributed by atoms with E-state index in [2.05, 4.69) is 26.0 Å². The summed E-state index contributed by atoms with van der Waals surface area (Å²) in [6.07, 6.45) is 2.87. The number of aliphatic hydroxyl groups is 1. The predicted molar refractivity (Wildman–Crippen MR) is 112 cm³/mol. The zero-order chi connectivity index (χ0) is 18.6. The predicted octanol–water partition coefficient (Wildman–Crippen LogP) is 6.74. The molecule has 0 aliphatic rings. The summed E-state index contributed by atoms with van der Waals surface area (Å²) in [6.45, 7) is 3.00. The van der Waals surface area contributed by atoms with Crippen LogP contribution in [0.4, 0.5) is 14.5 Å². The minimum Gasteiger partial charge on any atom is -0.383 e. The molecule has 0 spiro atoms. The lowest BCUT2D eigenvalue weighted by molar-refractivity contribution is 0.219. The fraction of sp³-hybridized carbons (Fsp3) is 0.111. The molecule has 1 unspecified atom stereocenters. The third kappa shape index (κ3) is 4.42. The Kier molecular flexibility index (Phi) is 7.42. The van der Waals surface area contributed by atoms with Crippen LogP contribution in [0.15, 0.2) is 64.2 Å². The molecular weight excluding hydrogens is 526 g/mol. The molecule has 2 aromatic rings. The summed E-state index contributed by atoms with van der Waals surface area (Å²) in [5.41, 5.74) is 1.43. The number of allylic oxidation sites excluding steroid dienone is 3. The average molecular weight is 541 g/mol. The van der Waals surface area contributed by atoms with Crippen LogP contribution in [-0.2, 0) is 0 Å². The van der Waals surface area contributed by atoms with Gasteiger partial charge in [-0.2, -0.15) is 0 Å². The molecule has 0 bridgehead atoms. The van der Waals surface area contributed by atoms with Gasteiger partial charge in [-0.1, -0.05) is 36.4 Å². The van der Waals surface area contributed by atoms with Gasteiger partial charge in [-0.05, 0) is 51.0 Å². The van der Waals surface area contributed by atoms with Crippen molar-refractivity contribution in [1.82, 2.24) is 0 Å². The number of aliphatic hydroxyl groups excluding tert-OH is 1. The maximum Gasteiger partial charge on any atom is 0.123 e. The molecule has 2 nitrogen and oxygen atoms in total. The number of anilines is 1. The van der Waals surface area contributed by atoms with E-state index in [4.69, 9.17) is 11.6 Å². The second kappa shape index (κ2) is 9.12. The molecule has 0 aromatic heterocycles. The molecule has 2 N–H and O–H groups in total. The summed E-state index contributed by atoms with van der Waals surface area (Å²) >= 11 is 11.6. The number of halogens is 5. The van der Waals surface area contributed by atoms with Crippen LogP contribution in [-0.4, -0.2) is 11.8 Å². The standard InChI is InChI=1S/C18H14BrClF2INO/c1-2-12(14(20)4-3-7-21)18(25)16-15(24-23)8-10-5-6-11(22)9-13(10)17(16)19/h2-6,8-9,18,24-25H,1,7H2/b4-3-,14-12-.